The number of hydrogen-bond acceptors (Lipinski definition) is 5. The Kier molecular flexibility index (Phi) is 7.32. The van der Waals surface area contributed by atoms with Gasteiger partial charge in [0.15, 0.2) is 11.0 Å². The Morgan fingerprint density at radius 3 is 2.36 bits per heavy atom. The number of halogens is 2. The summed E-state index contributed by atoms with van der Waals surface area (Å²) in [6.07, 6.45) is 0. The highest BCUT2D eigenvalue weighted by atomic mass is 35.5. The van der Waals surface area contributed by atoms with Crippen LogP contribution in [0.5, 0.6) is 0 Å². The molecule has 0 aliphatic carbocycles. The molecule has 5 rings (SSSR count). The smallest absolute Gasteiger partial charge is 0.240 e. The van der Waals surface area contributed by atoms with Crippen molar-refractivity contribution in [1.29, 1.82) is 0 Å². The van der Waals surface area contributed by atoms with E-state index in [1.807, 2.05) is 54.6 Å². The minimum atomic E-state index is -3.80. The lowest BCUT2D eigenvalue weighted by atomic mass is 10.1. The zero-order valence-corrected chi connectivity index (χ0v) is 21.9. The Balaban J connectivity index is 1.45. The highest BCUT2D eigenvalue weighted by molar-refractivity contribution is 7.98. The summed E-state index contributed by atoms with van der Waals surface area (Å²) in [5.74, 6) is 1.06. The predicted octanol–water partition coefficient (Wildman–Crippen LogP) is 6.50. The molecule has 1 N–H and O–H groups in total. The van der Waals surface area contributed by atoms with Gasteiger partial charge >= 0.3 is 0 Å². The number of nitrogens with zero attached hydrogens (tertiary/aromatic N) is 3. The first kappa shape index (κ1) is 24.8. The summed E-state index contributed by atoms with van der Waals surface area (Å²) in [5.41, 5.74) is 1.74. The van der Waals surface area contributed by atoms with Crippen LogP contribution in [-0.2, 0) is 22.3 Å². The topological polar surface area (TPSA) is 76.9 Å². The Morgan fingerprint density at radius 2 is 1.58 bits per heavy atom. The number of rotatable bonds is 8. The third-order valence-electron chi connectivity index (χ3n) is 5.51. The van der Waals surface area contributed by atoms with Gasteiger partial charge in [0, 0.05) is 10.8 Å². The number of aromatic nitrogens is 3. The van der Waals surface area contributed by atoms with Crippen LogP contribution in [0.15, 0.2) is 101 Å². The normalized spacial score (nSPS) is 11.7. The van der Waals surface area contributed by atoms with Gasteiger partial charge in [0.2, 0.25) is 10.0 Å². The van der Waals surface area contributed by atoms with E-state index in [-0.39, 0.29) is 11.4 Å². The SMILES string of the molecule is O=S(=O)(NCc1nnc(SCc2ccccc2)n1-c1ccc(Cl)cc1Cl)c1ccc2ccccc2c1. The van der Waals surface area contributed by atoms with Gasteiger partial charge in [-0.1, -0.05) is 95.6 Å². The van der Waals surface area contributed by atoms with Gasteiger partial charge in [0.1, 0.15) is 0 Å². The van der Waals surface area contributed by atoms with E-state index in [0.29, 0.717) is 32.5 Å². The Labute approximate surface area is 223 Å². The van der Waals surface area contributed by atoms with Crippen molar-refractivity contribution in [3.05, 3.63) is 112 Å². The average Bonchev–Trinajstić information content (AvgIpc) is 3.29. The Hall–Kier alpha value is -2.88. The van der Waals surface area contributed by atoms with Crippen LogP contribution < -0.4 is 4.72 Å². The van der Waals surface area contributed by atoms with Crippen LogP contribution in [0, 0.1) is 0 Å². The second kappa shape index (κ2) is 10.6. The molecule has 0 fully saturated rings. The van der Waals surface area contributed by atoms with Crippen LogP contribution in [0.4, 0.5) is 0 Å². The van der Waals surface area contributed by atoms with Crippen LogP contribution in [-0.4, -0.2) is 23.2 Å². The van der Waals surface area contributed by atoms with Crippen molar-refractivity contribution in [3.63, 3.8) is 0 Å². The molecule has 0 amide bonds. The Morgan fingerprint density at radius 1 is 0.833 bits per heavy atom. The summed E-state index contributed by atoms with van der Waals surface area (Å²) in [7, 11) is -3.80. The van der Waals surface area contributed by atoms with Gasteiger partial charge in [0.05, 0.1) is 22.2 Å². The summed E-state index contributed by atoms with van der Waals surface area (Å²) < 4.78 is 30.6. The van der Waals surface area contributed by atoms with Gasteiger partial charge in [-0.15, -0.1) is 10.2 Å². The molecular weight excluding hydrogens is 535 g/mol. The van der Waals surface area contributed by atoms with E-state index >= 15 is 0 Å². The second-order valence-electron chi connectivity index (χ2n) is 7.94. The molecule has 36 heavy (non-hydrogen) atoms. The molecule has 1 aromatic heterocycles. The highest BCUT2D eigenvalue weighted by Gasteiger charge is 2.20. The minimum Gasteiger partial charge on any atom is -0.271 e. The van der Waals surface area contributed by atoms with E-state index in [2.05, 4.69) is 14.9 Å². The van der Waals surface area contributed by atoms with Crippen molar-refractivity contribution in [1.82, 2.24) is 19.5 Å². The summed E-state index contributed by atoms with van der Waals surface area (Å²) in [6.45, 7) is -0.0764. The lowest BCUT2D eigenvalue weighted by molar-refractivity contribution is 0.578. The van der Waals surface area contributed by atoms with E-state index in [9.17, 15) is 8.42 Å². The van der Waals surface area contributed by atoms with E-state index < -0.39 is 10.0 Å². The van der Waals surface area contributed by atoms with E-state index in [4.69, 9.17) is 23.2 Å². The number of nitrogens with one attached hydrogen (secondary N) is 1. The molecule has 0 saturated carbocycles. The quantitative estimate of drug-likeness (QED) is 0.221. The third-order valence-corrected chi connectivity index (χ3v) is 8.45. The molecule has 0 atom stereocenters. The van der Waals surface area contributed by atoms with Gasteiger partial charge in [-0.3, -0.25) is 4.57 Å². The molecule has 182 valence electrons. The number of fused-ring (bicyclic) bond motifs is 1. The number of benzene rings is 4. The molecule has 4 aromatic carbocycles. The maximum Gasteiger partial charge on any atom is 0.240 e. The number of thioether (sulfide) groups is 1. The first-order valence-electron chi connectivity index (χ1n) is 11.0. The molecule has 0 bridgehead atoms. The van der Waals surface area contributed by atoms with Gasteiger partial charge < -0.3 is 0 Å². The third kappa shape index (κ3) is 5.43. The second-order valence-corrected chi connectivity index (χ2v) is 11.5. The van der Waals surface area contributed by atoms with Crippen molar-refractivity contribution >= 4 is 55.8 Å². The Bertz CT molecular complexity index is 1640. The monoisotopic (exact) mass is 554 g/mol. The summed E-state index contributed by atoms with van der Waals surface area (Å²) >= 11 is 14.1. The molecule has 0 aliphatic rings. The number of sulfonamides is 1. The predicted molar refractivity (Wildman–Crippen MR) is 145 cm³/mol. The molecule has 0 spiro atoms. The van der Waals surface area contributed by atoms with E-state index in [1.54, 1.807) is 41.0 Å². The molecule has 0 unspecified atom stereocenters. The zero-order valence-electron chi connectivity index (χ0n) is 18.8. The van der Waals surface area contributed by atoms with Crippen molar-refractivity contribution in [3.8, 4) is 5.69 Å². The summed E-state index contributed by atoms with van der Waals surface area (Å²) in [4.78, 5) is 0.176. The molecular formula is C26H20Cl2N4O2S2. The van der Waals surface area contributed by atoms with Crippen molar-refractivity contribution < 1.29 is 8.42 Å². The largest absolute Gasteiger partial charge is 0.271 e. The fourth-order valence-corrected chi connectivity index (χ4v) is 6.14. The van der Waals surface area contributed by atoms with Crippen LogP contribution in [0.2, 0.25) is 10.0 Å². The lowest BCUT2D eigenvalue weighted by Crippen LogP contribution is -2.25. The van der Waals surface area contributed by atoms with E-state index in [0.717, 1.165) is 16.3 Å². The maximum absolute atomic E-state index is 13.1. The molecule has 5 aromatic rings. The molecule has 0 aliphatic heterocycles. The van der Waals surface area contributed by atoms with Gasteiger partial charge in [-0.05, 0) is 46.7 Å². The summed E-state index contributed by atoms with van der Waals surface area (Å²) in [6, 6.07) is 27.7. The lowest BCUT2D eigenvalue weighted by Gasteiger charge is -2.13. The minimum absolute atomic E-state index is 0.0764. The molecule has 6 nitrogen and oxygen atoms in total. The van der Waals surface area contributed by atoms with Gasteiger partial charge in [0.25, 0.3) is 0 Å². The van der Waals surface area contributed by atoms with Crippen molar-refractivity contribution in [2.45, 2.75) is 22.3 Å². The van der Waals surface area contributed by atoms with Crippen LogP contribution in [0.3, 0.4) is 0 Å². The molecule has 1 heterocycles. The fraction of sp³-hybridized carbons (Fsp3) is 0.0769. The maximum atomic E-state index is 13.1. The summed E-state index contributed by atoms with van der Waals surface area (Å²) in [5, 5.41) is 11.9. The van der Waals surface area contributed by atoms with Gasteiger partial charge in [-0.2, -0.15) is 0 Å². The molecule has 0 radical (unpaired) electrons. The first-order chi connectivity index (χ1) is 17.4. The van der Waals surface area contributed by atoms with Crippen LogP contribution in [0.25, 0.3) is 16.5 Å². The standard InChI is InChI=1S/C26H20Cl2N4O2S2/c27-21-11-13-24(23(28)15-21)32-25(30-31-26(32)35-17-18-6-2-1-3-7-18)16-29-36(33,34)22-12-10-19-8-4-5-9-20(19)14-22/h1-15,29H,16-17H2. The highest BCUT2D eigenvalue weighted by Crippen LogP contribution is 2.31. The average molecular weight is 556 g/mol. The number of hydrogen-bond donors (Lipinski definition) is 1. The van der Waals surface area contributed by atoms with Crippen LogP contribution in [0.1, 0.15) is 11.4 Å². The molecule has 0 saturated heterocycles. The van der Waals surface area contributed by atoms with Crippen molar-refractivity contribution in [2.24, 2.45) is 0 Å². The zero-order chi connectivity index (χ0) is 25.1. The molecule has 10 heteroatoms. The van der Waals surface area contributed by atoms with Gasteiger partial charge in [-0.25, -0.2) is 13.1 Å². The van der Waals surface area contributed by atoms with Crippen molar-refractivity contribution in [2.75, 3.05) is 0 Å². The first-order valence-corrected chi connectivity index (χ1v) is 14.2. The van der Waals surface area contributed by atoms with E-state index in [1.165, 1.54) is 11.8 Å². The fourth-order valence-electron chi connectivity index (χ4n) is 3.71. The van der Waals surface area contributed by atoms with Crippen LogP contribution >= 0.6 is 35.0 Å².